The third-order valence-corrected chi connectivity index (χ3v) is 3.32. The molecule has 0 saturated carbocycles. The number of aromatic nitrogens is 2. The molecular weight excluding hydrogens is 228 g/mol. The molecule has 0 spiro atoms. The first-order chi connectivity index (χ1) is 8.72. The molecule has 0 aliphatic carbocycles. The lowest BCUT2D eigenvalue weighted by atomic mass is 9.99. The highest BCUT2D eigenvalue weighted by Gasteiger charge is 2.15. The first-order valence-electron chi connectivity index (χ1n) is 6.07. The van der Waals surface area contributed by atoms with Gasteiger partial charge in [-0.2, -0.15) is 5.10 Å². The van der Waals surface area contributed by atoms with Gasteiger partial charge in [-0.05, 0) is 22.3 Å². The van der Waals surface area contributed by atoms with E-state index in [0.717, 1.165) is 11.1 Å². The minimum Gasteiger partial charge on any atom is -0.388 e. The van der Waals surface area contributed by atoms with E-state index in [4.69, 9.17) is 4.74 Å². The summed E-state index contributed by atoms with van der Waals surface area (Å²) in [5.41, 5.74) is 4.41. The smallest absolute Gasteiger partial charge is 0.0831 e. The van der Waals surface area contributed by atoms with Crippen LogP contribution in [0, 0.1) is 0 Å². The zero-order chi connectivity index (χ0) is 12.5. The van der Waals surface area contributed by atoms with Gasteiger partial charge >= 0.3 is 0 Å². The van der Waals surface area contributed by atoms with E-state index in [9.17, 15) is 5.11 Å². The maximum atomic E-state index is 10.2. The zero-order valence-electron chi connectivity index (χ0n) is 10.3. The second-order valence-corrected chi connectivity index (χ2v) is 4.76. The molecule has 0 fully saturated rings. The van der Waals surface area contributed by atoms with Crippen LogP contribution >= 0.6 is 0 Å². The predicted molar refractivity (Wildman–Crippen MR) is 66.8 cm³/mol. The van der Waals surface area contributed by atoms with Crippen LogP contribution in [-0.4, -0.2) is 14.9 Å². The summed E-state index contributed by atoms with van der Waals surface area (Å²) in [5.74, 6) is 0. The lowest BCUT2D eigenvalue weighted by Crippen LogP contribution is -2.02. The lowest BCUT2D eigenvalue weighted by molar-refractivity contribution is 0.134. The number of ether oxygens (including phenoxy) is 1. The first kappa shape index (κ1) is 11.4. The molecule has 1 aliphatic heterocycles. The summed E-state index contributed by atoms with van der Waals surface area (Å²) in [6.45, 7) is 1.34. The van der Waals surface area contributed by atoms with Gasteiger partial charge in [0.15, 0.2) is 0 Å². The molecule has 1 aromatic heterocycles. The van der Waals surface area contributed by atoms with Crippen molar-refractivity contribution in [2.24, 2.45) is 7.05 Å². The Labute approximate surface area is 106 Å². The fourth-order valence-corrected chi connectivity index (χ4v) is 2.32. The Hall–Kier alpha value is -1.65. The van der Waals surface area contributed by atoms with Gasteiger partial charge in [0.05, 0.1) is 25.5 Å². The van der Waals surface area contributed by atoms with Crippen molar-refractivity contribution in [1.82, 2.24) is 9.78 Å². The lowest BCUT2D eigenvalue weighted by Gasteiger charge is -2.11. The average Bonchev–Trinajstić information content (AvgIpc) is 2.96. The Kier molecular flexibility index (Phi) is 2.89. The maximum absolute atomic E-state index is 10.2. The van der Waals surface area contributed by atoms with Crippen LogP contribution in [-0.2, 0) is 31.4 Å². The van der Waals surface area contributed by atoms with E-state index in [2.05, 4.69) is 5.10 Å². The van der Waals surface area contributed by atoms with Crippen LogP contribution in [0.1, 0.15) is 28.4 Å². The summed E-state index contributed by atoms with van der Waals surface area (Å²) in [6, 6.07) is 6.07. The molecule has 0 bridgehead atoms. The molecule has 2 heterocycles. The SMILES string of the molecule is Cn1cc(CC(O)c2ccc3c(c2)COC3)cn1. The third-order valence-electron chi connectivity index (χ3n) is 3.32. The Bertz CT molecular complexity index is 563. The first-order valence-corrected chi connectivity index (χ1v) is 6.07. The molecule has 18 heavy (non-hydrogen) atoms. The number of benzene rings is 1. The summed E-state index contributed by atoms with van der Waals surface area (Å²) in [7, 11) is 1.88. The monoisotopic (exact) mass is 244 g/mol. The normalized spacial score (nSPS) is 15.7. The Morgan fingerprint density at radius 1 is 1.39 bits per heavy atom. The molecule has 4 nitrogen and oxygen atoms in total. The van der Waals surface area contributed by atoms with Crippen molar-refractivity contribution < 1.29 is 9.84 Å². The van der Waals surface area contributed by atoms with Gasteiger partial charge in [-0.25, -0.2) is 0 Å². The van der Waals surface area contributed by atoms with Crippen molar-refractivity contribution in [3.63, 3.8) is 0 Å². The van der Waals surface area contributed by atoms with Gasteiger partial charge in [-0.3, -0.25) is 4.68 Å². The molecule has 94 valence electrons. The highest BCUT2D eigenvalue weighted by Crippen LogP contribution is 2.25. The van der Waals surface area contributed by atoms with Crippen LogP contribution in [0.4, 0.5) is 0 Å². The largest absolute Gasteiger partial charge is 0.388 e. The second kappa shape index (κ2) is 4.55. The molecule has 0 radical (unpaired) electrons. The fourth-order valence-electron chi connectivity index (χ4n) is 2.32. The Balaban J connectivity index is 1.78. The van der Waals surface area contributed by atoms with Gasteiger partial charge in [-0.1, -0.05) is 18.2 Å². The van der Waals surface area contributed by atoms with E-state index in [0.29, 0.717) is 19.6 Å². The topological polar surface area (TPSA) is 47.3 Å². The molecule has 1 unspecified atom stereocenters. The number of aliphatic hydroxyl groups excluding tert-OH is 1. The van der Waals surface area contributed by atoms with Crippen molar-refractivity contribution in [1.29, 1.82) is 0 Å². The van der Waals surface area contributed by atoms with Crippen LogP contribution in [0.25, 0.3) is 0 Å². The van der Waals surface area contributed by atoms with Crippen LogP contribution in [0.15, 0.2) is 30.6 Å². The van der Waals surface area contributed by atoms with E-state index in [-0.39, 0.29) is 0 Å². The Morgan fingerprint density at radius 2 is 2.22 bits per heavy atom. The number of hydrogen-bond donors (Lipinski definition) is 1. The number of hydrogen-bond acceptors (Lipinski definition) is 3. The number of rotatable bonds is 3. The molecule has 1 aliphatic rings. The van der Waals surface area contributed by atoms with Crippen LogP contribution in [0.5, 0.6) is 0 Å². The Morgan fingerprint density at radius 3 is 3.00 bits per heavy atom. The summed E-state index contributed by atoms with van der Waals surface area (Å²) in [5, 5.41) is 14.3. The molecule has 0 amide bonds. The van der Waals surface area contributed by atoms with E-state index in [1.54, 1.807) is 10.9 Å². The summed E-state index contributed by atoms with van der Waals surface area (Å²) < 4.78 is 7.12. The van der Waals surface area contributed by atoms with Gasteiger partial charge in [0.25, 0.3) is 0 Å². The number of fused-ring (bicyclic) bond motifs is 1. The van der Waals surface area contributed by atoms with Gasteiger partial charge in [0.2, 0.25) is 0 Å². The van der Waals surface area contributed by atoms with E-state index in [1.165, 1.54) is 11.1 Å². The molecule has 3 rings (SSSR count). The summed E-state index contributed by atoms with van der Waals surface area (Å²) in [6.07, 6.45) is 3.83. The number of aryl methyl sites for hydroxylation is 1. The average molecular weight is 244 g/mol. The highest BCUT2D eigenvalue weighted by atomic mass is 16.5. The van der Waals surface area contributed by atoms with E-state index >= 15 is 0 Å². The quantitative estimate of drug-likeness (QED) is 0.894. The van der Waals surface area contributed by atoms with Gasteiger partial charge < -0.3 is 9.84 Å². The van der Waals surface area contributed by atoms with Gasteiger partial charge in [0.1, 0.15) is 0 Å². The van der Waals surface area contributed by atoms with Crippen molar-refractivity contribution >= 4 is 0 Å². The van der Waals surface area contributed by atoms with Crippen molar-refractivity contribution in [2.45, 2.75) is 25.7 Å². The molecule has 0 saturated heterocycles. The second-order valence-electron chi connectivity index (χ2n) is 4.76. The molecule has 1 N–H and O–H groups in total. The van der Waals surface area contributed by atoms with Crippen LogP contribution in [0.3, 0.4) is 0 Å². The number of nitrogens with zero attached hydrogens (tertiary/aromatic N) is 2. The molecular formula is C14H16N2O2. The predicted octanol–water partition coefficient (Wildman–Crippen LogP) is 1.73. The molecule has 1 aromatic carbocycles. The maximum Gasteiger partial charge on any atom is 0.0831 e. The molecule has 1 atom stereocenters. The zero-order valence-corrected chi connectivity index (χ0v) is 10.3. The van der Waals surface area contributed by atoms with E-state index < -0.39 is 6.10 Å². The number of aliphatic hydroxyl groups is 1. The molecule has 4 heteroatoms. The molecule has 2 aromatic rings. The van der Waals surface area contributed by atoms with Gasteiger partial charge in [0, 0.05) is 19.7 Å². The summed E-state index contributed by atoms with van der Waals surface area (Å²) >= 11 is 0. The highest BCUT2D eigenvalue weighted by molar-refractivity contribution is 5.34. The van der Waals surface area contributed by atoms with Crippen molar-refractivity contribution in [3.05, 3.63) is 52.8 Å². The van der Waals surface area contributed by atoms with Crippen LogP contribution in [0.2, 0.25) is 0 Å². The van der Waals surface area contributed by atoms with Crippen molar-refractivity contribution in [2.75, 3.05) is 0 Å². The minimum atomic E-state index is -0.486. The van der Waals surface area contributed by atoms with Gasteiger partial charge in [-0.15, -0.1) is 0 Å². The van der Waals surface area contributed by atoms with E-state index in [1.807, 2.05) is 31.4 Å². The summed E-state index contributed by atoms with van der Waals surface area (Å²) in [4.78, 5) is 0. The van der Waals surface area contributed by atoms with Crippen molar-refractivity contribution in [3.8, 4) is 0 Å². The standard InChI is InChI=1S/C14H16N2O2/c1-16-7-10(6-15-16)4-14(17)11-2-3-12-8-18-9-13(12)5-11/h2-3,5-7,14,17H,4,8-9H2,1H3. The fraction of sp³-hybridized carbons (Fsp3) is 0.357. The van der Waals surface area contributed by atoms with Crippen LogP contribution < -0.4 is 0 Å². The third kappa shape index (κ3) is 2.17. The minimum absolute atomic E-state index is 0.486.